The van der Waals surface area contributed by atoms with E-state index in [0.717, 1.165) is 19.3 Å². The van der Waals surface area contributed by atoms with Crippen LogP contribution in [0.5, 0.6) is 0 Å². The largest absolute Gasteiger partial charge is 0.370 e. The molecule has 0 aromatic carbocycles. The molecule has 1 saturated carbocycles. The van der Waals surface area contributed by atoms with Gasteiger partial charge in [-0.1, -0.05) is 39.3 Å². The number of hydrogen-bond donors (Lipinski definition) is 1. The molecule has 5 nitrogen and oxygen atoms in total. The lowest BCUT2D eigenvalue weighted by Crippen LogP contribution is -2.35. The maximum Gasteiger partial charge on any atom is 0.244 e. The highest BCUT2D eigenvalue weighted by Crippen LogP contribution is 2.41. The van der Waals surface area contributed by atoms with Gasteiger partial charge < -0.3 is 15.0 Å². The third-order valence-corrected chi connectivity index (χ3v) is 4.39. The van der Waals surface area contributed by atoms with Crippen molar-refractivity contribution in [2.24, 2.45) is 17.1 Å². The van der Waals surface area contributed by atoms with E-state index in [1.807, 2.05) is 0 Å². The Kier molecular flexibility index (Phi) is 4.21. The molecule has 5 heteroatoms. The maximum absolute atomic E-state index is 6.19. The van der Waals surface area contributed by atoms with Crippen LogP contribution in [0.2, 0.25) is 0 Å². The smallest absolute Gasteiger partial charge is 0.244 e. The molecule has 1 aromatic heterocycles. The number of rotatable bonds is 3. The molecule has 0 bridgehead atoms. The van der Waals surface area contributed by atoms with Gasteiger partial charge in [-0.2, -0.15) is 4.98 Å². The molecule has 1 aromatic rings. The van der Waals surface area contributed by atoms with Crippen LogP contribution < -0.4 is 5.73 Å². The Morgan fingerprint density at radius 3 is 2.70 bits per heavy atom. The van der Waals surface area contributed by atoms with E-state index in [9.17, 15) is 0 Å². The van der Waals surface area contributed by atoms with E-state index < -0.39 is 5.60 Å². The predicted molar refractivity (Wildman–Crippen MR) is 77.0 cm³/mol. The quantitative estimate of drug-likeness (QED) is 0.921. The molecular weight excluding hydrogens is 254 g/mol. The van der Waals surface area contributed by atoms with Crippen LogP contribution in [-0.4, -0.2) is 17.3 Å². The lowest BCUT2D eigenvalue weighted by molar-refractivity contribution is -0.0658. The number of methoxy groups -OCH3 is 1. The lowest BCUT2D eigenvalue weighted by atomic mass is 9.78. The van der Waals surface area contributed by atoms with Crippen molar-refractivity contribution in [3.63, 3.8) is 0 Å². The summed E-state index contributed by atoms with van der Waals surface area (Å²) in [5.74, 6) is 1.77. The summed E-state index contributed by atoms with van der Waals surface area (Å²) in [6.07, 6.45) is 4.24. The minimum atomic E-state index is -0.406. The van der Waals surface area contributed by atoms with E-state index in [2.05, 4.69) is 37.8 Å². The summed E-state index contributed by atoms with van der Waals surface area (Å²) in [4.78, 5) is 4.55. The van der Waals surface area contributed by atoms with Gasteiger partial charge in [-0.3, -0.25) is 0 Å². The van der Waals surface area contributed by atoms with Gasteiger partial charge in [0, 0.05) is 7.11 Å². The van der Waals surface area contributed by atoms with E-state index in [0.29, 0.717) is 17.6 Å². The van der Waals surface area contributed by atoms with Gasteiger partial charge in [0.05, 0.1) is 6.04 Å². The number of nitrogens with zero attached hydrogens (tertiary/aromatic N) is 2. The third-order valence-electron chi connectivity index (χ3n) is 4.39. The molecule has 0 amide bonds. The first kappa shape index (κ1) is 15.4. The van der Waals surface area contributed by atoms with Crippen LogP contribution >= 0.6 is 0 Å². The van der Waals surface area contributed by atoms with Crippen LogP contribution in [0.15, 0.2) is 4.52 Å². The van der Waals surface area contributed by atoms with Gasteiger partial charge in [0.15, 0.2) is 0 Å². The van der Waals surface area contributed by atoms with E-state index in [1.165, 1.54) is 6.42 Å². The molecule has 3 atom stereocenters. The molecule has 1 aliphatic carbocycles. The SMILES string of the molecule is COC1(c2noc(C(N)C(C)(C)C)n2)CCCC(C)C1. The predicted octanol–water partition coefficient (Wildman–Crippen LogP) is 3.17. The van der Waals surface area contributed by atoms with Crippen molar-refractivity contribution in [1.82, 2.24) is 10.1 Å². The Morgan fingerprint density at radius 2 is 2.15 bits per heavy atom. The highest BCUT2D eigenvalue weighted by molar-refractivity contribution is 5.06. The Morgan fingerprint density at radius 1 is 1.45 bits per heavy atom. The molecule has 2 rings (SSSR count). The van der Waals surface area contributed by atoms with Crippen molar-refractivity contribution in [2.45, 2.75) is 65.0 Å². The Balaban J connectivity index is 2.26. The minimum absolute atomic E-state index is 0.107. The molecule has 1 aliphatic rings. The van der Waals surface area contributed by atoms with E-state index in [1.54, 1.807) is 7.11 Å². The zero-order valence-electron chi connectivity index (χ0n) is 13.3. The lowest BCUT2D eigenvalue weighted by Gasteiger charge is -2.36. The van der Waals surface area contributed by atoms with E-state index in [4.69, 9.17) is 15.0 Å². The second kappa shape index (κ2) is 5.45. The van der Waals surface area contributed by atoms with Crippen LogP contribution in [0.4, 0.5) is 0 Å². The van der Waals surface area contributed by atoms with Gasteiger partial charge in [-0.15, -0.1) is 0 Å². The second-order valence-corrected chi connectivity index (χ2v) is 7.20. The number of hydrogen-bond acceptors (Lipinski definition) is 5. The molecule has 0 saturated heterocycles. The number of aromatic nitrogens is 2. The zero-order valence-corrected chi connectivity index (χ0v) is 13.3. The summed E-state index contributed by atoms with van der Waals surface area (Å²) < 4.78 is 11.2. The average molecular weight is 281 g/mol. The van der Waals surface area contributed by atoms with Gasteiger partial charge in [-0.25, -0.2) is 0 Å². The third kappa shape index (κ3) is 2.88. The molecule has 3 unspecified atom stereocenters. The summed E-state index contributed by atoms with van der Waals surface area (Å²) in [5, 5.41) is 4.16. The monoisotopic (exact) mass is 281 g/mol. The van der Waals surface area contributed by atoms with Crippen LogP contribution in [0.25, 0.3) is 0 Å². The molecular formula is C15H27N3O2. The van der Waals surface area contributed by atoms with Crippen LogP contribution in [0, 0.1) is 11.3 Å². The van der Waals surface area contributed by atoms with Crippen molar-refractivity contribution in [1.29, 1.82) is 0 Å². The normalized spacial score (nSPS) is 29.4. The highest BCUT2D eigenvalue weighted by Gasteiger charge is 2.41. The number of ether oxygens (including phenoxy) is 1. The van der Waals surface area contributed by atoms with Crippen molar-refractivity contribution in [3.8, 4) is 0 Å². The molecule has 1 fully saturated rings. The van der Waals surface area contributed by atoms with Crippen molar-refractivity contribution < 1.29 is 9.26 Å². The fourth-order valence-corrected chi connectivity index (χ4v) is 2.90. The van der Waals surface area contributed by atoms with Gasteiger partial charge in [0.1, 0.15) is 5.60 Å². The van der Waals surface area contributed by atoms with E-state index in [-0.39, 0.29) is 11.5 Å². The summed E-state index contributed by atoms with van der Waals surface area (Å²) in [6, 6.07) is -0.265. The van der Waals surface area contributed by atoms with Crippen LogP contribution in [-0.2, 0) is 10.3 Å². The fourth-order valence-electron chi connectivity index (χ4n) is 2.90. The second-order valence-electron chi connectivity index (χ2n) is 7.20. The van der Waals surface area contributed by atoms with Gasteiger partial charge in [0.25, 0.3) is 0 Å². The molecule has 0 spiro atoms. The fraction of sp³-hybridized carbons (Fsp3) is 0.867. The molecule has 114 valence electrons. The minimum Gasteiger partial charge on any atom is -0.370 e. The molecule has 2 N–H and O–H groups in total. The zero-order chi connectivity index (χ0) is 15.0. The molecule has 0 aliphatic heterocycles. The first-order valence-corrected chi connectivity index (χ1v) is 7.43. The van der Waals surface area contributed by atoms with E-state index >= 15 is 0 Å². The standard InChI is InChI=1S/C15H27N3O2/c1-10-7-6-8-15(9-10,19-5)13-17-12(20-18-13)11(16)14(2,3)4/h10-11H,6-9,16H2,1-5H3. The molecule has 0 radical (unpaired) electrons. The Labute approximate surface area is 121 Å². The molecule has 1 heterocycles. The molecule has 20 heavy (non-hydrogen) atoms. The first-order valence-electron chi connectivity index (χ1n) is 7.43. The summed E-state index contributed by atoms with van der Waals surface area (Å²) in [7, 11) is 1.73. The van der Waals surface area contributed by atoms with Crippen molar-refractivity contribution in [3.05, 3.63) is 11.7 Å². The first-order chi connectivity index (χ1) is 9.28. The maximum atomic E-state index is 6.19. The summed E-state index contributed by atoms with van der Waals surface area (Å²) >= 11 is 0. The number of nitrogens with two attached hydrogens (primary N) is 1. The average Bonchev–Trinajstić information content (AvgIpc) is 2.86. The Bertz CT molecular complexity index is 452. The van der Waals surface area contributed by atoms with Crippen molar-refractivity contribution in [2.75, 3.05) is 7.11 Å². The van der Waals surface area contributed by atoms with Gasteiger partial charge >= 0.3 is 0 Å². The van der Waals surface area contributed by atoms with Gasteiger partial charge in [-0.05, 0) is 30.6 Å². The summed E-state index contributed by atoms with van der Waals surface area (Å²) in [5.41, 5.74) is 5.68. The van der Waals surface area contributed by atoms with Crippen LogP contribution in [0.1, 0.15) is 71.1 Å². The van der Waals surface area contributed by atoms with Gasteiger partial charge in [0.2, 0.25) is 11.7 Å². The topological polar surface area (TPSA) is 74.2 Å². The van der Waals surface area contributed by atoms with Crippen LogP contribution in [0.3, 0.4) is 0 Å². The highest BCUT2D eigenvalue weighted by atomic mass is 16.5. The Hall–Kier alpha value is -0.940. The van der Waals surface area contributed by atoms with Crippen molar-refractivity contribution >= 4 is 0 Å². The summed E-state index contributed by atoms with van der Waals surface area (Å²) in [6.45, 7) is 8.44.